The second-order valence-electron chi connectivity index (χ2n) is 12.5. The fourth-order valence-electron chi connectivity index (χ4n) is 6.20. The van der Waals surface area contributed by atoms with Crippen LogP contribution in [0.5, 0.6) is 5.75 Å². The predicted molar refractivity (Wildman–Crippen MR) is 188 cm³/mol. The van der Waals surface area contributed by atoms with Crippen LogP contribution >= 0.6 is 23.4 Å². The molecular weight excluding hydrogens is 654 g/mol. The molecule has 2 fully saturated rings. The number of rotatable bonds is 15. The summed E-state index contributed by atoms with van der Waals surface area (Å²) in [5, 5.41) is 5.90. The summed E-state index contributed by atoms with van der Waals surface area (Å²) in [6.07, 6.45) is 2.47. The molecule has 0 saturated carbocycles. The van der Waals surface area contributed by atoms with Gasteiger partial charge < -0.3 is 20.3 Å². The number of aryl methyl sites for hydroxylation is 1. The maximum absolute atomic E-state index is 12.7. The summed E-state index contributed by atoms with van der Waals surface area (Å²) in [4.78, 5) is 67.7. The molecular formula is C35H44ClN5O6S. The maximum Gasteiger partial charge on any atom is 0.243 e. The Labute approximate surface area is 291 Å². The van der Waals surface area contributed by atoms with Gasteiger partial charge >= 0.3 is 0 Å². The van der Waals surface area contributed by atoms with Crippen LogP contribution in [0.2, 0.25) is 5.02 Å². The summed E-state index contributed by atoms with van der Waals surface area (Å²) in [5.41, 5.74) is 3.75. The Hall–Kier alpha value is -3.61. The molecule has 0 aliphatic carbocycles. The average molecular weight is 698 g/mol. The Morgan fingerprint density at radius 1 is 1.06 bits per heavy atom. The summed E-state index contributed by atoms with van der Waals surface area (Å²) >= 11 is 7.68. The molecule has 2 aromatic carbocycles. The highest BCUT2D eigenvalue weighted by molar-refractivity contribution is 8.01. The minimum atomic E-state index is -0.641. The number of unbranched alkanes of at least 4 members (excludes halogenated alkanes) is 1. The Morgan fingerprint density at radius 3 is 2.62 bits per heavy atom. The summed E-state index contributed by atoms with van der Waals surface area (Å²) < 4.78 is 6.02. The zero-order valence-corrected chi connectivity index (χ0v) is 29.2. The number of nitrogens with one attached hydrogen (secondary N) is 2. The van der Waals surface area contributed by atoms with E-state index in [-0.39, 0.29) is 49.3 Å². The van der Waals surface area contributed by atoms with Crippen LogP contribution in [0.25, 0.3) is 0 Å². The quantitative estimate of drug-likeness (QED) is 0.210. The average Bonchev–Trinajstić information content (AvgIpc) is 3.34. The first-order valence-corrected chi connectivity index (χ1v) is 18.1. The molecule has 0 bridgehead atoms. The van der Waals surface area contributed by atoms with Crippen molar-refractivity contribution in [3.05, 3.63) is 52.5 Å². The zero-order valence-electron chi connectivity index (χ0n) is 27.6. The number of piperazine rings is 1. The van der Waals surface area contributed by atoms with Gasteiger partial charge in [0, 0.05) is 69.7 Å². The number of nitrogens with zero attached hydrogens (tertiary/aromatic N) is 3. The third-order valence-electron chi connectivity index (χ3n) is 9.08. The number of benzene rings is 2. The number of amides is 4. The summed E-state index contributed by atoms with van der Waals surface area (Å²) in [7, 11) is 0. The summed E-state index contributed by atoms with van der Waals surface area (Å²) in [6, 6.07) is 11.8. The van der Waals surface area contributed by atoms with Crippen LogP contribution in [-0.4, -0.2) is 103 Å². The van der Waals surface area contributed by atoms with E-state index in [0.29, 0.717) is 24.5 Å². The molecule has 13 heteroatoms. The van der Waals surface area contributed by atoms with Crippen LogP contribution in [0, 0.1) is 6.92 Å². The SMILES string of the molecule is CCC(=O)CSC1CC(=O)N(CC(=O)NCC2CC(=O)Nc3cc(OCCCCN4CCN(c5cccc(C)c5Cl)CC4)ccc32)C1=O. The van der Waals surface area contributed by atoms with E-state index >= 15 is 0 Å². The Bertz CT molecular complexity index is 1530. The number of halogens is 1. The number of fused-ring (bicyclic) bond motifs is 1. The molecule has 0 aromatic heterocycles. The molecule has 2 unspecified atom stereocenters. The van der Waals surface area contributed by atoms with Gasteiger partial charge in [-0.25, -0.2) is 0 Å². The molecule has 0 spiro atoms. The fraction of sp³-hybridized carbons (Fsp3) is 0.514. The van der Waals surface area contributed by atoms with E-state index in [1.165, 1.54) is 0 Å². The number of likely N-dealkylation sites (tertiary alicyclic amines) is 1. The normalized spacial score (nSPS) is 19.7. The molecule has 0 radical (unpaired) electrons. The topological polar surface area (TPSA) is 128 Å². The van der Waals surface area contributed by atoms with E-state index in [4.69, 9.17) is 16.3 Å². The van der Waals surface area contributed by atoms with Crippen molar-refractivity contribution in [3.8, 4) is 5.75 Å². The van der Waals surface area contributed by atoms with Crippen LogP contribution in [0.15, 0.2) is 36.4 Å². The molecule has 2 N–H and O–H groups in total. The number of Topliss-reactive ketones (excluding diaryl/α,β-unsaturated/α-hetero) is 1. The molecule has 3 aliphatic heterocycles. The number of thioether (sulfide) groups is 1. The van der Waals surface area contributed by atoms with Gasteiger partial charge in [-0.3, -0.25) is 33.8 Å². The van der Waals surface area contributed by atoms with E-state index in [9.17, 15) is 24.0 Å². The second kappa shape index (κ2) is 16.7. The lowest BCUT2D eigenvalue weighted by Crippen LogP contribution is -2.46. The highest BCUT2D eigenvalue weighted by Crippen LogP contribution is 2.35. The first kappa shape index (κ1) is 35.7. The lowest BCUT2D eigenvalue weighted by atomic mass is 9.90. The lowest BCUT2D eigenvalue weighted by Gasteiger charge is -2.36. The van der Waals surface area contributed by atoms with Gasteiger partial charge in [0.05, 0.1) is 28.3 Å². The fourth-order valence-corrected chi connectivity index (χ4v) is 7.57. The second-order valence-corrected chi connectivity index (χ2v) is 14.1. The van der Waals surface area contributed by atoms with E-state index in [0.717, 1.165) is 84.1 Å². The minimum Gasteiger partial charge on any atom is -0.494 e. The molecule has 2 aromatic rings. The highest BCUT2D eigenvalue weighted by Gasteiger charge is 2.40. The van der Waals surface area contributed by atoms with Crippen molar-refractivity contribution in [2.75, 3.05) is 68.4 Å². The minimum absolute atomic E-state index is 0.00801. The van der Waals surface area contributed by atoms with Gasteiger partial charge in [0.1, 0.15) is 18.1 Å². The van der Waals surface area contributed by atoms with Crippen molar-refractivity contribution >= 4 is 64.1 Å². The van der Waals surface area contributed by atoms with Gasteiger partial charge in [-0.2, -0.15) is 0 Å². The summed E-state index contributed by atoms with van der Waals surface area (Å²) in [5.74, 6) is -0.916. The van der Waals surface area contributed by atoms with Crippen LogP contribution in [0.4, 0.5) is 11.4 Å². The first-order chi connectivity index (χ1) is 23.1. The maximum atomic E-state index is 12.7. The van der Waals surface area contributed by atoms with Gasteiger partial charge in [0.2, 0.25) is 23.6 Å². The van der Waals surface area contributed by atoms with Gasteiger partial charge in [-0.1, -0.05) is 36.7 Å². The molecule has 3 aliphatic rings. The number of ether oxygens (including phenoxy) is 1. The number of hydrogen-bond acceptors (Lipinski definition) is 9. The van der Waals surface area contributed by atoms with Crippen LogP contribution < -0.4 is 20.3 Å². The first-order valence-electron chi connectivity index (χ1n) is 16.7. The Balaban J connectivity index is 1.03. The van der Waals surface area contributed by atoms with Gasteiger partial charge in [-0.05, 0) is 49.6 Å². The number of ketones is 1. The number of imide groups is 1. The Morgan fingerprint density at radius 2 is 1.85 bits per heavy atom. The van der Waals surface area contributed by atoms with Gasteiger partial charge in [0.25, 0.3) is 0 Å². The Kier molecular flexibility index (Phi) is 12.4. The molecule has 2 saturated heterocycles. The third kappa shape index (κ3) is 9.09. The molecule has 2 atom stereocenters. The number of carbonyl (C=O) groups excluding carboxylic acids is 5. The molecule has 4 amide bonds. The van der Waals surface area contributed by atoms with Crippen molar-refractivity contribution < 1.29 is 28.7 Å². The molecule has 48 heavy (non-hydrogen) atoms. The van der Waals surface area contributed by atoms with Crippen LogP contribution in [0.3, 0.4) is 0 Å². The number of anilines is 2. The van der Waals surface area contributed by atoms with Crippen molar-refractivity contribution in [2.45, 2.75) is 57.1 Å². The standard InChI is InChI=1S/C35H44ClN5O6S/c1-3-25(42)22-48-30-19-33(45)41(35(30)46)21-32(44)37-20-24-17-31(43)38-28-18-26(9-10-27(24)28)47-16-5-4-11-39-12-14-40(15-13-39)29-8-6-7-23(2)34(29)36/h6-10,18,24,30H,3-5,11-17,19-22H2,1-2H3,(H,37,44)(H,38,43). The molecule has 11 nitrogen and oxygen atoms in total. The van der Waals surface area contributed by atoms with Gasteiger partial charge in [-0.15, -0.1) is 11.8 Å². The third-order valence-corrected chi connectivity index (χ3v) is 10.8. The zero-order chi connectivity index (χ0) is 34.2. The van der Waals surface area contributed by atoms with E-state index in [1.54, 1.807) is 6.92 Å². The van der Waals surface area contributed by atoms with Crippen molar-refractivity contribution in [1.29, 1.82) is 0 Å². The van der Waals surface area contributed by atoms with Crippen LogP contribution in [-0.2, 0) is 24.0 Å². The smallest absolute Gasteiger partial charge is 0.243 e. The predicted octanol–water partition coefficient (Wildman–Crippen LogP) is 4.01. The van der Waals surface area contributed by atoms with Gasteiger partial charge in [0.15, 0.2) is 0 Å². The highest BCUT2D eigenvalue weighted by atomic mass is 35.5. The van der Waals surface area contributed by atoms with Crippen LogP contribution in [0.1, 0.15) is 56.1 Å². The summed E-state index contributed by atoms with van der Waals surface area (Å²) in [6.45, 7) is 9.04. The molecule has 3 heterocycles. The number of hydrogen-bond donors (Lipinski definition) is 2. The molecule has 5 rings (SSSR count). The number of carbonyl (C=O) groups is 5. The largest absolute Gasteiger partial charge is 0.494 e. The van der Waals surface area contributed by atoms with E-state index < -0.39 is 23.0 Å². The van der Waals surface area contributed by atoms with Crippen molar-refractivity contribution in [1.82, 2.24) is 15.1 Å². The monoisotopic (exact) mass is 697 g/mol. The van der Waals surface area contributed by atoms with Crippen molar-refractivity contribution in [3.63, 3.8) is 0 Å². The lowest BCUT2D eigenvalue weighted by molar-refractivity contribution is -0.142. The van der Waals surface area contributed by atoms with E-state index in [2.05, 4.69) is 32.6 Å². The molecule has 258 valence electrons. The van der Waals surface area contributed by atoms with E-state index in [1.807, 2.05) is 31.2 Å². The van der Waals surface area contributed by atoms with Crippen molar-refractivity contribution in [2.24, 2.45) is 0 Å².